The minimum Gasteiger partial charge on any atom is -0.384 e. The number of aliphatic hydroxyl groups is 1. The van der Waals surface area contributed by atoms with Gasteiger partial charge in [0.25, 0.3) is 5.91 Å². The van der Waals surface area contributed by atoms with Gasteiger partial charge in [0.2, 0.25) is 0 Å². The number of carbonyl (C=O) groups excluding carboxylic acids is 1. The highest BCUT2D eigenvalue weighted by atomic mass is 32.2. The maximum atomic E-state index is 14.0. The van der Waals surface area contributed by atoms with Crippen LogP contribution in [0.1, 0.15) is 22.3 Å². The van der Waals surface area contributed by atoms with Crippen LogP contribution in [0.25, 0.3) is 0 Å². The highest BCUT2D eigenvalue weighted by Gasteiger charge is 2.26. The summed E-state index contributed by atoms with van der Waals surface area (Å²) < 4.78 is 14.0. The molecule has 1 fully saturated rings. The van der Waals surface area contributed by atoms with E-state index in [-0.39, 0.29) is 24.1 Å². The molecule has 2 rings (SSSR count). The molecule has 1 aromatic carbocycles. The Bertz CT molecular complexity index is 559. The molecule has 1 aliphatic rings. The molecule has 1 unspecified atom stereocenters. The summed E-state index contributed by atoms with van der Waals surface area (Å²) in [5, 5.41) is 8.60. The number of rotatable bonds is 2. The number of amides is 1. The number of benzene rings is 1. The van der Waals surface area contributed by atoms with Crippen LogP contribution in [0, 0.1) is 17.7 Å². The van der Waals surface area contributed by atoms with Gasteiger partial charge in [-0.25, -0.2) is 4.39 Å². The van der Waals surface area contributed by atoms with E-state index in [0.717, 1.165) is 17.9 Å². The molecule has 0 radical (unpaired) electrons. The summed E-state index contributed by atoms with van der Waals surface area (Å²) in [5.41, 5.74) is 0.520. The molecule has 1 heterocycles. The Morgan fingerprint density at radius 2 is 2.40 bits per heavy atom. The van der Waals surface area contributed by atoms with Crippen molar-refractivity contribution in [1.82, 2.24) is 4.90 Å². The van der Waals surface area contributed by atoms with E-state index in [1.165, 1.54) is 12.1 Å². The molecule has 20 heavy (non-hydrogen) atoms. The highest BCUT2D eigenvalue weighted by molar-refractivity contribution is 7.99. The fraction of sp³-hybridized carbons (Fsp3) is 0.400. The van der Waals surface area contributed by atoms with Crippen molar-refractivity contribution in [3.63, 3.8) is 0 Å². The Morgan fingerprint density at radius 3 is 3.00 bits per heavy atom. The van der Waals surface area contributed by atoms with Crippen LogP contribution in [0.2, 0.25) is 0 Å². The van der Waals surface area contributed by atoms with E-state index in [0.29, 0.717) is 5.56 Å². The molecular formula is C15H16FNO2S. The fourth-order valence-corrected chi connectivity index (χ4v) is 3.36. The van der Waals surface area contributed by atoms with Crippen LogP contribution in [-0.2, 0) is 0 Å². The van der Waals surface area contributed by atoms with Gasteiger partial charge >= 0.3 is 0 Å². The first-order chi connectivity index (χ1) is 9.63. The van der Waals surface area contributed by atoms with Crippen LogP contribution in [0.4, 0.5) is 4.39 Å². The molecule has 0 aromatic heterocycles. The SMILES string of the molecule is CN(C(=O)c1ccc(C#CCO)cc1F)C1CCSC1. The lowest BCUT2D eigenvalue weighted by Gasteiger charge is -2.24. The average Bonchev–Trinajstić information content (AvgIpc) is 2.98. The second-order valence-electron chi connectivity index (χ2n) is 4.59. The molecule has 1 amide bonds. The molecule has 106 valence electrons. The largest absolute Gasteiger partial charge is 0.384 e. The predicted molar refractivity (Wildman–Crippen MR) is 78.2 cm³/mol. The maximum absolute atomic E-state index is 14.0. The molecule has 0 bridgehead atoms. The van der Waals surface area contributed by atoms with Crippen molar-refractivity contribution in [2.45, 2.75) is 12.5 Å². The van der Waals surface area contributed by atoms with Crippen molar-refractivity contribution >= 4 is 17.7 Å². The Hall–Kier alpha value is -1.51. The lowest BCUT2D eigenvalue weighted by Crippen LogP contribution is -2.37. The van der Waals surface area contributed by atoms with Crippen LogP contribution in [-0.4, -0.2) is 47.1 Å². The third-order valence-corrected chi connectivity index (χ3v) is 4.43. The smallest absolute Gasteiger partial charge is 0.256 e. The highest BCUT2D eigenvalue weighted by Crippen LogP contribution is 2.23. The van der Waals surface area contributed by atoms with Gasteiger partial charge in [-0.1, -0.05) is 11.8 Å². The van der Waals surface area contributed by atoms with E-state index in [4.69, 9.17) is 5.11 Å². The molecule has 0 saturated carbocycles. The summed E-state index contributed by atoms with van der Waals surface area (Å²) in [5.74, 6) is 6.15. The summed E-state index contributed by atoms with van der Waals surface area (Å²) in [6.07, 6.45) is 0.953. The Labute approximate surface area is 122 Å². The summed E-state index contributed by atoms with van der Waals surface area (Å²) in [7, 11) is 1.72. The van der Waals surface area contributed by atoms with Gasteiger partial charge < -0.3 is 10.0 Å². The molecule has 1 aromatic rings. The molecule has 1 saturated heterocycles. The maximum Gasteiger partial charge on any atom is 0.256 e. The van der Waals surface area contributed by atoms with Crippen LogP contribution in [0.3, 0.4) is 0 Å². The van der Waals surface area contributed by atoms with Crippen molar-refractivity contribution in [1.29, 1.82) is 0 Å². The van der Waals surface area contributed by atoms with E-state index in [9.17, 15) is 9.18 Å². The number of halogens is 1. The molecule has 0 spiro atoms. The number of hydrogen-bond donors (Lipinski definition) is 1. The van der Waals surface area contributed by atoms with Crippen LogP contribution in [0.5, 0.6) is 0 Å². The Balaban J connectivity index is 2.17. The van der Waals surface area contributed by atoms with Gasteiger partial charge in [-0.05, 0) is 30.4 Å². The predicted octanol–water partition coefficient (Wildman–Crippen LogP) is 1.75. The number of hydrogen-bond acceptors (Lipinski definition) is 3. The second-order valence-corrected chi connectivity index (χ2v) is 5.74. The number of carbonyl (C=O) groups is 1. The van der Waals surface area contributed by atoms with Crippen molar-refractivity contribution in [2.24, 2.45) is 0 Å². The summed E-state index contributed by atoms with van der Waals surface area (Å²) in [4.78, 5) is 13.9. The van der Waals surface area contributed by atoms with Gasteiger partial charge in [0.15, 0.2) is 0 Å². The topological polar surface area (TPSA) is 40.5 Å². The second kappa shape index (κ2) is 6.78. The zero-order valence-corrected chi connectivity index (χ0v) is 12.0. The molecule has 5 heteroatoms. The van der Waals surface area contributed by atoms with Crippen molar-refractivity contribution in [3.8, 4) is 11.8 Å². The standard InChI is InChI=1S/C15H16FNO2S/c1-17(12-6-8-20-10-12)15(19)13-5-4-11(3-2-7-18)9-14(13)16/h4-5,9,12,18H,6-8,10H2,1H3. The number of aliphatic hydroxyl groups excluding tert-OH is 1. The third-order valence-electron chi connectivity index (χ3n) is 3.28. The van der Waals surface area contributed by atoms with Crippen LogP contribution in [0.15, 0.2) is 18.2 Å². The van der Waals surface area contributed by atoms with E-state index in [1.807, 2.05) is 11.8 Å². The molecule has 3 nitrogen and oxygen atoms in total. The monoisotopic (exact) mass is 293 g/mol. The first-order valence-corrected chi connectivity index (χ1v) is 7.53. The minimum atomic E-state index is -0.572. The van der Waals surface area contributed by atoms with E-state index in [2.05, 4.69) is 11.8 Å². The zero-order chi connectivity index (χ0) is 14.5. The molecule has 0 aliphatic carbocycles. The molecule has 1 N–H and O–H groups in total. The van der Waals surface area contributed by atoms with Gasteiger partial charge in [-0.3, -0.25) is 4.79 Å². The first kappa shape index (κ1) is 14.9. The minimum absolute atomic E-state index is 0.0685. The number of nitrogens with zero attached hydrogens (tertiary/aromatic N) is 1. The first-order valence-electron chi connectivity index (χ1n) is 6.37. The normalized spacial score (nSPS) is 17.4. The van der Waals surface area contributed by atoms with E-state index >= 15 is 0 Å². The molecule has 1 atom stereocenters. The van der Waals surface area contributed by atoms with Gasteiger partial charge in [0, 0.05) is 24.4 Å². The van der Waals surface area contributed by atoms with E-state index < -0.39 is 5.82 Å². The number of thioether (sulfide) groups is 1. The molecular weight excluding hydrogens is 277 g/mol. The van der Waals surface area contributed by atoms with E-state index in [1.54, 1.807) is 18.0 Å². The Kier molecular flexibility index (Phi) is 5.05. The van der Waals surface area contributed by atoms with Gasteiger partial charge in [-0.15, -0.1) is 0 Å². The van der Waals surface area contributed by atoms with Crippen molar-refractivity contribution in [3.05, 3.63) is 35.1 Å². The lowest BCUT2D eigenvalue weighted by atomic mass is 10.1. The summed E-state index contributed by atoms with van der Waals surface area (Å²) in [6.45, 7) is -0.273. The average molecular weight is 293 g/mol. The van der Waals surface area contributed by atoms with Crippen LogP contribution < -0.4 is 0 Å². The summed E-state index contributed by atoms with van der Waals surface area (Å²) >= 11 is 1.81. The van der Waals surface area contributed by atoms with Gasteiger partial charge in [0.1, 0.15) is 12.4 Å². The zero-order valence-electron chi connectivity index (χ0n) is 11.2. The quantitative estimate of drug-likeness (QED) is 0.845. The van der Waals surface area contributed by atoms with Gasteiger partial charge in [0.05, 0.1) is 5.56 Å². The van der Waals surface area contributed by atoms with Gasteiger partial charge in [-0.2, -0.15) is 11.8 Å². The van der Waals surface area contributed by atoms with Crippen molar-refractivity contribution in [2.75, 3.05) is 25.2 Å². The lowest BCUT2D eigenvalue weighted by molar-refractivity contribution is 0.0743. The van der Waals surface area contributed by atoms with Crippen LogP contribution >= 0.6 is 11.8 Å². The Morgan fingerprint density at radius 1 is 1.60 bits per heavy atom. The summed E-state index contributed by atoms with van der Waals surface area (Å²) in [6, 6.07) is 4.46. The molecule has 1 aliphatic heterocycles. The third kappa shape index (κ3) is 3.33. The van der Waals surface area contributed by atoms with Crippen molar-refractivity contribution < 1.29 is 14.3 Å². The fourth-order valence-electron chi connectivity index (χ4n) is 2.09.